The molecule has 1 saturated heterocycles. The van der Waals surface area contributed by atoms with E-state index in [1.165, 1.54) is 10.4 Å². The highest BCUT2D eigenvalue weighted by atomic mass is 35.5. The SMILES string of the molecule is O=S(=O)(c1cccc(Cl)c1Cl)N1CCN(CCO)CC1. The summed E-state index contributed by atoms with van der Waals surface area (Å²) in [4.78, 5) is 2.06. The summed E-state index contributed by atoms with van der Waals surface area (Å²) in [5, 5.41) is 9.17. The molecule has 2 rings (SSSR count). The van der Waals surface area contributed by atoms with Gasteiger partial charge in [-0.2, -0.15) is 4.31 Å². The molecule has 5 nitrogen and oxygen atoms in total. The zero-order valence-corrected chi connectivity index (χ0v) is 13.1. The molecule has 1 aromatic rings. The summed E-state index contributed by atoms with van der Waals surface area (Å²) < 4.78 is 26.5. The van der Waals surface area contributed by atoms with Crippen molar-refractivity contribution in [2.24, 2.45) is 0 Å². The number of piperazine rings is 1. The minimum absolute atomic E-state index is 0.0438. The third-order valence-electron chi connectivity index (χ3n) is 3.28. The molecule has 1 fully saturated rings. The van der Waals surface area contributed by atoms with E-state index in [2.05, 4.69) is 0 Å². The Bertz CT molecular complexity index is 572. The molecule has 0 aromatic heterocycles. The Morgan fingerprint density at radius 2 is 1.80 bits per heavy atom. The number of halogens is 2. The lowest BCUT2D eigenvalue weighted by molar-refractivity contribution is 0.151. The molecule has 0 saturated carbocycles. The van der Waals surface area contributed by atoms with Gasteiger partial charge < -0.3 is 5.11 Å². The van der Waals surface area contributed by atoms with Gasteiger partial charge in [-0.15, -0.1) is 0 Å². The Kier molecular flexibility index (Phi) is 5.28. The average molecular weight is 339 g/mol. The Balaban J connectivity index is 2.18. The second kappa shape index (κ2) is 6.60. The maximum absolute atomic E-state index is 12.5. The van der Waals surface area contributed by atoms with Gasteiger partial charge in [-0.05, 0) is 12.1 Å². The number of aliphatic hydroxyl groups is 1. The van der Waals surface area contributed by atoms with Gasteiger partial charge in [-0.25, -0.2) is 8.42 Å². The molecule has 0 aliphatic carbocycles. The van der Waals surface area contributed by atoms with E-state index in [4.69, 9.17) is 28.3 Å². The standard InChI is InChI=1S/C12H16Cl2N2O3S/c13-10-2-1-3-11(12(10)14)20(18,19)16-6-4-15(5-7-16)8-9-17/h1-3,17H,4-9H2. The number of nitrogens with zero attached hydrogens (tertiary/aromatic N) is 2. The normalized spacial score (nSPS) is 18.4. The first kappa shape index (κ1) is 16.0. The van der Waals surface area contributed by atoms with Crippen LogP contribution < -0.4 is 0 Å². The summed E-state index contributed by atoms with van der Waals surface area (Å²) in [6, 6.07) is 4.59. The molecule has 0 spiro atoms. The van der Waals surface area contributed by atoms with Crippen molar-refractivity contribution < 1.29 is 13.5 Å². The molecule has 1 aromatic carbocycles. The molecule has 8 heteroatoms. The first-order valence-electron chi connectivity index (χ1n) is 6.24. The van der Waals surface area contributed by atoms with E-state index in [9.17, 15) is 8.42 Å². The van der Waals surface area contributed by atoms with Crippen LogP contribution in [0.2, 0.25) is 10.0 Å². The number of hydrogen-bond donors (Lipinski definition) is 1. The minimum atomic E-state index is -3.63. The van der Waals surface area contributed by atoms with Crippen LogP contribution in [0.5, 0.6) is 0 Å². The molecule has 1 N–H and O–H groups in total. The lowest BCUT2D eigenvalue weighted by atomic mass is 10.3. The average Bonchev–Trinajstić information content (AvgIpc) is 2.42. The molecule has 0 unspecified atom stereocenters. The van der Waals surface area contributed by atoms with E-state index < -0.39 is 10.0 Å². The van der Waals surface area contributed by atoms with Gasteiger partial charge in [-0.3, -0.25) is 4.90 Å². The van der Waals surface area contributed by atoms with Crippen LogP contribution in [0.4, 0.5) is 0 Å². The molecule has 0 radical (unpaired) electrons. The second-order valence-electron chi connectivity index (χ2n) is 4.52. The van der Waals surface area contributed by atoms with Crippen LogP contribution in [0.15, 0.2) is 23.1 Å². The van der Waals surface area contributed by atoms with E-state index in [-0.39, 0.29) is 21.5 Å². The maximum Gasteiger partial charge on any atom is 0.244 e. The van der Waals surface area contributed by atoms with Crippen molar-refractivity contribution in [3.63, 3.8) is 0 Å². The summed E-state index contributed by atoms with van der Waals surface area (Å²) in [5.41, 5.74) is 0. The molecule has 1 aliphatic heterocycles. The van der Waals surface area contributed by atoms with Crippen LogP contribution in [0.3, 0.4) is 0 Å². The van der Waals surface area contributed by atoms with E-state index in [0.717, 1.165) is 0 Å². The number of hydrogen-bond acceptors (Lipinski definition) is 4. The quantitative estimate of drug-likeness (QED) is 0.898. The minimum Gasteiger partial charge on any atom is -0.395 e. The highest BCUT2D eigenvalue weighted by Gasteiger charge is 2.30. The number of rotatable bonds is 4. The van der Waals surface area contributed by atoms with Crippen molar-refractivity contribution in [2.75, 3.05) is 39.3 Å². The lowest BCUT2D eigenvalue weighted by Crippen LogP contribution is -2.49. The first-order chi connectivity index (χ1) is 9.46. The van der Waals surface area contributed by atoms with Crippen LogP contribution in [0, 0.1) is 0 Å². The third kappa shape index (κ3) is 3.27. The molecule has 112 valence electrons. The van der Waals surface area contributed by atoms with Crippen LogP contribution in [0.25, 0.3) is 0 Å². The van der Waals surface area contributed by atoms with Gasteiger partial charge in [-0.1, -0.05) is 29.3 Å². The molecule has 20 heavy (non-hydrogen) atoms. The summed E-state index contributed by atoms with van der Waals surface area (Å²) in [5.74, 6) is 0. The fourth-order valence-electron chi connectivity index (χ4n) is 2.16. The highest BCUT2D eigenvalue weighted by Crippen LogP contribution is 2.31. The van der Waals surface area contributed by atoms with Crippen LogP contribution in [-0.4, -0.2) is 62.1 Å². The maximum atomic E-state index is 12.5. The summed E-state index contributed by atoms with van der Waals surface area (Å²) in [7, 11) is -3.63. The summed E-state index contributed by atoms with van der Waals surface area (Å²) in [6.07, 6.45) is 0. The first-order valence-corrected chi connectivity index (χ1v) is 8.44. The Morgan fingerprint density at radius 1 is 1.15 bits per heavy atom. The van der Waals surface area contributed by atoms with Crippen molar-refractivity contribution in [3.8, 4) is 0 Å². The van der Waals surface area contributed by atoms with Gasteiger partial charge >= 0.3 is 0 Å². The molecular formula is C12H16Cl2N2O3S. The van der Waals surface area contributed by atoms with Crippen LogP contribution in [0.1, 0.15) is 0 Å². The van der Waals surface area contributed by atoms with Crippen LogP contribution >= 0.6 is 23.2 Å². The summed E-state index contributed by atoms with van der Waals surface area (Å²) >= 11 is 11.9. The Hall–Kier alpha value is -0.370. The van der Waals surface area contributed by atoms with Gasteiger partial charge in [0.05, 0.1) is 16.7 Å². The topological polar surface area (TPSA) is 60.9 Å². The zero-order valence-electron chi connectivity index (χ0n) is 10.8. The van der Waals surface area contributed by atoms with Crippen molar-refractivity contribution in [2.45, 2.75) is 4.90 Å². The highest BCUT2D eigenvalue weighted by molar-refractivity contribution is 7.89. The zero-order chi connectivity index (χ0) is 14.8. The summed E-state index contributed by atoms with van der Waals surface area (Å²) in [6.45, 7) is 2.59. The molecule has 0 amide bonds. The van der Waals surface area contributed by atoms with Gasteiger partial charge in [0.25, 0.3) is 0 Å². The van der Waals surface area contributed by atoms with Gasteiger partial charge in [0.15, 0.2) is 0 Å². The van der Waals surface area contributed by atoms with E-state index in [0.29, 0.717) is 32.7 Å². The van der Waals surface area contributed by atoms with Crippen molar-refractivity contribution in [1.82, 2.24) is 9.21 Å². The number of benzene rings is 1. The molecular weight excluding hydrogens is 323 g/mol. The molecule has 0 atom stereocenters. The largest absolute Gasteiger partial charge is 0.395 e. The van der Waals surface area contributed by atoms with Crippen molar-refractivity contribution in [1.29, 1.82) is 0 Å². The van der Waals surface area contributed by atoms with Crippen LogP contribution in [-0.2, 0) is 10.0 Å². The van der Waals surface area contributed by atoms with E-state index >= 15 is 0 Å². The predicted octanol–water partition coefficient (Wildman–Crippen LogP) is 1.29. The second-order valence-corrected chi connectivity index (χ2v) is 7.21. The Morgan fingerprint density at radius 3 is 2.40 bits per heavy atom. The van der Waals surface area contributed by atoms with Gasteiger partial charge in [0, 0.05) is 32.7 Å². The van der Waals surface area contributed by atoms with Gasteiger partial charge in [0.1, 0.15) is 4.90 Å². The fraction of sp³-hybridized carbons (Fsp3) is 0.500. The molecule has 1 heterocycles. The number of β-amino-alcohol motifs (C(OH)–C–C–N with tert-alkyl or cyclic N) is 1. The third-order valence-corrected chi connectivity index (χ3v) is 6.15. The lowest BCUT2D eigenvalue weighted by Gasteiger charge is -2.33. The number of sulfonamides is 1. The molecule has 0 bridgehead atoms. The smallest absolute Gasteiger partial charge is 0.244 e. The predicted molar refractivity (Wildman–Crippen MR) is 78.7 cm³/mol. The monoisotopic (exact) mass is 338 g/mol. The Labute approximate surface area is 128 Å². The van der Waals surface area contributed by atoms with Crippen molar-refractivity contribution >= 4 is 33.2 Å². The number of aliphatic hydroxyl groups excluding tert-OH is 1. The van der Waals surface area contributed by atoms with Crippen molar-refractivity contribution in [3.05, 3.63) is 28.2 Å². The van der Waals surface area contributed by atoms with E-state index in [1.807, 2.05) is 4.90 Å². The van der Waals surface area contributed by atoms with E-state index in [1.54, 1.807) is 12.1 Å². The van der Waals surface area contributed by atoms with Gasteiger partial charge in [0.2, 0.25) is 10.0 Å². The fourth-order valence-corrected chi connectivity index (χ4v) is 4.32. The molecule has 1 aliphatic rings.